The molecule has 15 nitrogen and oxygen atoms in total. The van der Waals surface area contributed by atoms with E-state index in [0.717, 1.165) is 33.2 Å². The fourth-order valence-electron chi connectivity index (χ4n) is 7.26. The number of rotatable bonds is 18. The van der Waals surface area contributed by atoms with Crippen LogP contribution in [0.15, 0.2) is 85.1 Å². The summed E-state index contributed by atoms with van der Waals surface area (Å²) in [5.74, 6) is -2.33. The number of aryl methyl sites for hydroxylation is 1. The molecule has 2 saturated heterocycles. The predicted octanol–water partition coefficient (Wildman–Crippen LogP) is 2.26. The fourth-order valence-corrected chi connectivity index (χ4v) is 7.26. The predicted molar refractivity (Wildman–Crippen MR) is 217 cm³/mol. The Labute approximate surface area is 337 Å². The number of piperidine rings is 1. The van der Waals surface area contributed by atoms with E-state index in [1.165, 1.54) is 4.90 Å². The number of nitrogens with zero attached hydrogens (tertiary/aromatic N) is 1. The molecule has 4 aromatic rings. The summed E-state index contributed by atoms with van der Waals surface area (Å²) in [5, 5.41) is 15.0. The molecule has 1 unspecified atom stereocenters. The van der Waals surface area contributed by atoms with Crippen LogP contribution >= 0.6 is 0 Å². The van der Waals surface area contributed by atoms with Crippen molar-refractivity contribution in [3.8, 4) is 0 Å². The zero-order chi connectivity index (χ0) is 41.0. The van der Waals surface area contributed by atoms with Crippen LogP contribution in [0.4, 0.5) is 4.79 Å². The number of benzene rings is 3. The molecule has 306 valence electrons. The Morgan fingerprint density at radius 1 is 0.793 bits per heavy atom. The zero-order valence-corrected chi connectivity index (χ0v) is 32.6. The number of carbonyl (C=O) groups is 6. The van der Waals surface area contributed by atoms with Crippen molar-refractivity contribution in [1.82, 2.24) is 36.5 Å². The summed E-state index contributed by atoms with van der Waals surface area (Å²) in [7, 11) is 0. The van der Waals surface area contributed by atoms with E-state index >= 15 is 0 Å². The number of nitrogens with one attached hydrogen (secondary N) is 6. The van der Waals surface area contributed by atoms with Crippen LogP contribution in [0.1, 0.15) is 54.4 Å². The van der Waals surface area contributed by atoms with Crippen molar-refractivity contribution in [2.24, 2.45) is 5.73 Å². The summed E-state index contributed by atoms with van der Waals surface area (Å²) in [6.45, 7) is 2.96. The second-order valence-electron chi connectivity index (χ2n) is 14.9. The number of ether oxygens (including phenoxy) is 1. The number of hydrogen-bond donors (Lipinski definition) is 7. The number of primary amides is 1. The number of para-hydroxylation sites is 1. The summed E-state index contributed by atoms with van der Waals surface area (Å²) in [4.78, 5) is 85.6. The van der Waals surface area contributed by atoms with E-state index in [1.807, 2.05) is 85.8 Å². The molecule has 3 aromatic carbocycles. The van der Waals surface area contributed by atoms with Crippen molar-refractivity contribution >= 4 is 46.5 Å². The van der Waals surface area contributed by atoms with Crippen molar-refractivity contribution < 1.29 is 33.5 Å². The first-order valence-corrected chi connectivity index (χ1v) is 19.8. The maximum absolute atomic E-state index is 14.4. The van der Waals surface area contributed by atoms with Crippen LogP contribution < -0.4 is 32.3 Å². The van der Waals surface area contributed by atoms with Gasteiger partial charge in [0.05, 0.1) is 6.61 Å². The highest BCUT2D eigenvalue weighted by atomic mass is 16.6. The quantitative estimate of drug-likeness (QED) is 0.0588. The van der Waals surface area contributed by atoms with Gasteiger partial charge in [-0.2, -0.15) is 0 Å². The lowest BCUT2D eigenvalue weighted by Gasteiger charge is -2.37. The lowest BCUT2D eigenvalue weighted by Crippen LogP contribution is -2.61. The van der Waals surface area contributed by atoms with Gasteiger partial charge in [0.15, 0.2) is 6.10 Å². The molecule has 2 fully saturated rings. The van der Waals surface area contributed by atoms with Gasteiger partial charge < -0.3 is 46.9 Å². The molecule has 8 N–H and O–H groups in total. The molecule has 6 rings (SSSR count). The Balaban J connectivity index is 1.22. The van der Waals surface area contributed by atoms with E-state index < -0.39 is 59.9 Å². The molecule has 1 aromatic heterocycles. The minimum absolute atomic E-state index is 0.0806. The molecular formula is C43H52N8O7. The number of fused-ring (bicyclic) bond motifs is 1. The first kappa shape index (κ1) is 41.4. The molecule has 15 heteroatoms. The van der Waals surface area contributed by atoms with Crippen molar-refractivity contribution in [2.75, 3.05) is 19.7 Å². The largest absolute Gasteiger partial charge is 0.363 e. The third-order valence-electron chi connectivity index (χ3n) is 10.5. The van der Waals surface area contributed by atoms with Crippen molar-refractivity contribution in [2.45, 2.75) is 88.7 Å². The number of carbonyl (C=O) groups excluding carboxylic acids is 6. The van der Waals surface area contributed by atoms with Gasteiger partial charge in [-0.25, -0.2) is 4.79 Å². The van der Waals surface area contributed by atoms with E-state index in [-0.39, 0.29) is 44.9 Å². The molecule has 5 atom stereocenters. The maximum Gasteiger partial charge on any atom is 0.312 e. The van der Waals surface area contributed by atoms with Crippen LogP contribution in [-0.2, 0) is 48.1 Å². The molecule has 0 bridgehead atoms. The van der Waals surface area contributed by atoms with Gasteiger partial charge in [0.25, 0.3) is 5.91 Å². The third-order valence-corrected chi connectivity index (χ3v) is 10.5. The van der Waals surface area contributed by atoms with Gasteiger partial charge in [-0.3, -0.25) is 24.0 Å². The van der Waals surface area contributed by atoms with Crippen LogP contribution in [0.25, 0.3) is 10.9 Å². The monoisotopic (exact) mass is 792 g/mol. The highest BCUT2D eigenvalue weighted by Gasteiger charge is 2.40. The molecule has 2 aliphatic rings. The number of hydrogen-bond acceptors (Lipinski definition) is 7. The Kier molecular flexibility index (Phi) is 14.1. The maximum atomic E-state index is 14.4. The summed E-state index contributed by atoms with van der Waals surface area (Å²) in [5.41, 5.74) is 9.67. The molecule has 0 spiro atoms. The van der Waals surface area contributed by atoms with Crippen molar-refractivity contribution in [1.29, 1.82) is 0 Å². The van der Waals surface area contributed by atoms with Crippen LogP contribution in [-0.4, -0.2) is 95.4 Å². The van der Waals surface area contributed by atoms with E-state index in [2.05, 4.69) is 31.6 Å². The Morgan fingerprint density at radius 3 is 2.26 bits per heavy atom. The first-order valence-electron chi connectivity index (χ1n) is 19.8. The molecule has 58 heavy (non-hydrogen) atoms. The number of likely N-dealkylation sites (tertiary alicyclic amines) is 1. The van der Waals surface area contributed by atoms with Crippen LogP contribution in [0.5, 0.6) is 0 Å². The average Bonchev–Trinajstić information content (AvgIpc) is 4.01. The summed E-state index contributed by atoms with van der Waals surface area (Å²) in [6, 6.07) is 19.9. The van der Waals surface area contributed by atoms with E-state index in [0.29, 0.717) is 32.2 Å². The molecule has 0 saturated carbocycles. The molecule has 7 amide bonds. The summed E-state index contributed by atoms with van der Waals surface area (Å²) < 4.78 is 5.17. The lowest BCUT2D eigenvalue weighted by molar-refractivity contribution is -0.145. The number of H-pyrrole nitrogens is 1. The lowest BCUT2D eigenvalue weighted by atomic mass is 9.97. The number of amides is 7. The molecule has 3 heterocycles. The molecule has 0 radical (unpaired) electrons. The van der Waals surface area contributed by atoms with Crippen molar-refractivity contribution in [3.05, 3.63) is 107 Å². The number of epoxide rings is 1. The van der Waals surface area contributed by atoms with Gasteiger partial charge in [-0.1, -0.05) is 78.4 Å². The van der Waals surface area contributed by atoms with Gasteiger partial charge in [0.1, 0.15) is 24.2 Å². The number of aromatic amines is 1. The molecule has 0 aliphatic carbocycles. The van der Waals surface area contributed by atoms with Crippen LogP contribution in [0.3, 0.4) is 0 Å². The first-order chi connectivity index (χ1) is 28.0. The Bertz CT molecular complexity index is 2070. The topological polar surface area (TPSA) is 220 Å². The average molecular weight is 793 g/mol. The van der Waals surface area contributed by atoms with Gasteiger partial charge in [-0.05, 0) is 61.8 Å². The third kappa shape index (κ3) is 11.4. The summed E-state index contributed by atoms with van der Waals surface area (Å²) in [6.07, 6.45) is 3.68. The zero-order valence-electron chi connectivity index (χ0n) is 32.6. The molecule has 2 aliphatic heterocycles. The Hall–Kier alpha value is -6.22. The fraction of sp³-hybridized carbons (Fsp3) is 0.395. The highest BCUT2D eigenvalue weighted by molar-refractivity contribution is 5.97. The smallest absolute Gasteiger partial charge is 0.312 e. The summed E-state index contributed by atoms with van der Waals surface area (Å²) >= 11 is 0. The van der Waals surface area contributed by atoms with Gasteiger partial charge in [-0.15, -0.1) is 0 Å². The number of urea groups is 1. The second kappa shape index (κ2) is 19.8. The second-order valence-corrected chi connectivity index (χ2v) is 14.9. The van der Waals surface area contributed by atoms with Gasteiger partial charge in [0.2, 0.25) is 23.6 Å². The van der Waals surface area contributed by atoms with Crippen molar-refractivity contribution in [3.63, 3.8) is 0 Å². The van der Waals surface area contributed by atoms with Gasteiger partial charge >= 0.3 is 6.03 Å². The number of nitrogens with two attached hydrogens (primary N) is 1. The van der Waals surface area contributed by atoms with Crippen LogP contribution in [0, 0.1) is 6.92 Å². The van der Waals surface area contributed by atoms with Gasteiger partial charge in [0, 0.05) is 49.6 Å². The standard InChI is InChI=1S/C43H52N8O7/c1-27-16-18-29(19-17-27)24-47-38(52)33(14-9-20-45-43(44)57)48-39(53)34(23-30-25-46-32-13-6-5-12-31(30)32)49-40(54)36-15-7-8-21-51(36)42(56)35(50-41(55)37-26-58-37)22-28-10-3-2-4-11-28/h2-6,10-13,16-19,25,33-37,46H,7-9,14-15,20-24,26H2,1H3,(H,47,52)(H,48,53)(H,49,54)(H,50,55)(H3,44,45,57)/t33-,34-,35-,36-,37?/m0/s1. The molecular weight excluding hydrogens is 741 g/mol. The SMILES string of the molecule is Cc1ccc(CNC(=O)[C@H](CCCNC(N)=O)NC(=O)[C@H](Cc2c[nH]c3ccccc23)NC(=O)[C@@H]2CCCCN2C(=O)[C@H](Cc2ccccc2)NC(=O)C2CO2)cc1. The van der Waals surface area contributed by atoms with E-state index in [1.54, 1.807) is 6.20 Å². The van der Waals surface area contributed by atoms with E-state index in [9.17, 15) is 28.8 Å². The minimum Gasteiger partial charge on any atom is -0.363 e. The highest BCUT2D eigenvalue weighted by Crippen LogP contribution is 2.23. The Morgan fingerprint density at radius 2 is 1.52 bits per heavy atom. The van der Waals surface area contributed by atoms with Crippen LogP contribution in [0.2, 0.25) is 0 Å². The minimum atomic E-state index is -1.14. The normalized spacial score (nSPS) is 17.6. The number of aromatic nitrogens is 1. The van der Waals surface area contributed by atoms with E-state index in [4.69, 9.17) is 10.5 Å².